The molecule has 6 atom stereocenters. The van der Waals surface area contributed by atoms with E-state index in [1.807, 2.05) is 0 Å². The lowest BCUT2D eigenvalue weighted by molar-refractivity contribution is -0.0958. The third-order valence-electron chi connectivity index (χ3n) is 8.55. The summed E-state index contributed by atoms with van der Waals surface area (Å²) in [4.78, 5) is 0. The van der Waals surface area contributed by atoms with E-state index >= 15 is 0 Å². The predicted molar refractivity (Wildman–Crippen MR) is 120 cm³/mol. The smallest absolute Gasteiger partial charge is 0.200 e. The van der Waals surface area contributed by atoms with Gasteiger partial charge in [-0.3, -0.25) is 0 Å². The molecule has 162 valence electrons. The number of ether oxygens (including phenoxy) is 2. The van der Waals surface area contributed by atoms with Crippen molar-refractivity contribution in [2.24, 2.45) is 29.6 Å². The topological polar surface area (TPSA) is 18.5 Å². The monoisotopic (exact) mass is 398 g/mol. The highest BCUT2D eigenvalue weighted by molar-refractivity contribution is 5.29. The Morgan fingerprint density at radius 3 is 1.90 bits per heavy atom. The quantitative estimate of drug-likeness (QED) is 0.420. The van der Waals surface area contributed by atoms with Gasteiger partial charge in [-0.2, -0.15) is 0 Å². The van der Waals surface area contributed by atoms with Crippen LogP contribution >= 0.6 is 0 Å². The highest BCUT2D eigenvalue weighted by Crippen LogP contribution is 2.58. The Balaban J connectivity index is 1.45. The molecular weight excluding hydrogens is 356 g/mol. The summed E-state index contributed by atoms with van der Waals surface area (Å²) in [5, 5.41) is 0. The molecule has 0 radical (unpaired) electrons. The standard InChI is InChI=1S/C27H42O2/c1-4-19(3)20-14-16-21(17-15-20)29-27(28-5-2)18-26-24-12-8-6-10-22(24)23-11-7-9-13-25(23)26/h14-17,19,22-27H,4-13,18H2,1-3H3. The highest BCUT2D eigenvalue weighted by Gasteiger charge is 2.51. The molecule has 6 unspecified atom stereocenters. The van der Waals surface area contributed by atoms with Crippen LogP contribution in [0.15, 0.2) is 24.3 Å². The average Bonchev–Trinajstić information content (AvgIpc) is 3.08. The minimum Gasteiger partial charge on any atom is -0.465 e. The van der Waals surface area contributed by atoms with Gasteiger partial charge in [0.25, 0.3) is 0 Å². The van der Waals surface area contributed by atoms with Crippen LogP contribution in [-0.4, -0.2) is 12.9 Å². The van der Waals surface area contributed by atoms with Gasteiger partial charge in [-0.15, -0.1) is 0 Å². The molecule has 0 amide bonds. The summed E-state index contributed by atoms with van der Waals surface area (Å²) in [5.41, 5.74) is 1.40. The van der Waals surface area contributed by atoms with Gasteiger partial charge in [0.2, 0.25) is 0 Å². The number of benzene rings is 1. The van der Waals surface area contributed by atoms with E-state index in [0.29, 0.717) is 5.92 Å². The first-order valence-electron chi connectivity index (χ1n) is 12.6. The second kappa shape index (κ2) is 9.86. The molecule has 3 fully saturated rings. The first-order valence-corrected chi connectivity index (χ1v) is 12.6. The van der Waals surface area contributed by atoms with Gasteiger partial charge in [0, 0.05) is 13.0 Å². The first-order chi connectivity index (χ1) is 14.2. The Labute approximate surface area is 178 Å². The Morgan fingerprint density at radius 1 is 0.828 bits per heavy atom. The molecule has 2 heteroatoms. The van der Waals surface area contributed by atoms with Crippen LogP contribution < -0.4 is 4.74 Å². The molecule has 0 aromatic heterocycles. The maximum atomic E-state index is 6.42. The van der Waals surface area contributed by atoms with Gasteiger partial charge in [0.15, 0.2) is 6.29 Å². The van der Waals surface area contributed by atoms with E-state index in [2.05, 4.69) is 45.0 Å². The third-order valence-corrected chi connectivity index (χ3v) is 8.55. The summed E-state index contributed by atoms with van der Waals surface area (Å²) in [5.74, 6) is 6.23. The van der Waals surface area contributed by atoms with Gasteiger partial charge >= 0.3 is 0 Å². The zero-order valence-corrected chi connectivity index (χ0v) is 18.9. The maximum absolute atomic E-state index is 6.42. The molecule has 0 aliphatic heterocycles. The fourth-order valence-corrected chi connectivity index (χ4v) is 6.99. The average molecular weight is 399 g/mol. The largest absolute Gasteiger partial charge is 0.465 e. The van der Waals surface area contributed by atoms with Gasteiger partial charge in [-0.1, -0.05) is 51.7 Å². The zero-order chi connectivity index (χ0) is 20.2. The second-order valence-corrected chi connectivity index (χ2v) is 10.0. The van der Waals surface area contributed by atoms with Crippen molar-refractivity contribution < 1.29 is 9.47 Å². The van der Waals surface area contributed by atoms with E-state index in [4.69, 9.17) is 9.47 Å². The molecule has 0 saturated heterocycles. The third kappa shape index (κ3) is 4.68. The Morgan fingerprint density at radius 2 is 1.38 bits per heavy atom. The molecule has 2 nitrogen and oxygen atoms in total. The summed E-state index contributed by atoms with van der Waals surface area (Å²) in [6, 6.07) is 8.76. The molecule has 1 aromatic carbocycles. The van der Waals surface area contributed by atoms with Crippen molar-refractivity contribution >= 4 is 0 Å². The predicted octanol–water partition coefficient (Wildman–Crippen LogP) is 7.57. The lowest BCUT2D eigenvalue weighted by atomic mass is 9.73. The van der Waals surface area contributed by atoms with Gasteiger partial charge in [-0.25, -0.2) is 0 Å². The summed E-state index contributed by atoms with van der Waals surface area (Å²) in [7, 11) is 0. The molecular formula is C27H42O2. The number of hydrogen-bond donors (Lipinski definition) is 0. The van der Waals surface area contributed by atoms with Crippen LogP contribution in [-0.2, 0) is 4.74 Å². The summed E-state index contributed by atoms with van der Waals surface area (Å²) < 4.78 is 12.6. The fourth-order valence-electron chi connectivity index (χ4n) is 6.99. The molecule has 0 bridgehead atoms. The lowest BCUT2D eigenvalue weighted by Crippen LogP contribution is -2.30. The Hall–Kier alpha value is -1.02. The van der Waals surface area contributed by atoms with E-state index in [1.165, 1.54) is 63.4 Å². The molecule has 0 heterocycles. The van der Waals surface area contributed by atoms with Crippen LogP contribution in [0.3, 0.4) is 0 Å². The highest BCUT2D eigenvalue weighted by atomic mass is 16.7. The normalized spacial score (nSPS) is 33.6. The van der Waals surface area contributed by atoms with E-state index in [0.717, 1.165) is 48.4 Å². The van der Waals surface area contributed by atoms with Crippen molar-refractivity contribution in [3.63, 3.8) is 0 Å². The van der Waals surface area contributed by atoms with E-state index < -0.39 is 0 Å². The van der Waals surface area contributed by atoms with Crippen molar-refractivity contribution in [2.75, 3.05) is 6.61 Å². The minimum atomic E-state index is -0.0947. The SMILES string of the molecule is CCOC(CC1C2CCCCC2C2CCCCC21)Oc1ccc(C(C)CC)cc1. The minimum absolute atomic E-state index is 0.0947. The Kier molecular flexibility index (Phi) is 7.21. The number of fused-ring (bicyclic) bond motifs is 3. The van der Waals surface area contributed by atoms with Crippen molar-refractivity contribution in [3.05, 3.63) is 29.8 Å². The molecule has 3 aliphatic rings. The number of rotatable bonds is 8. The number of hydrogen-bond acceptors (Lipinski definition) is 2. The molecule has 29 heavy (non-hydrogen) atoms. The van der Waals surface area contributed by atoms with Crippen molar-refractivity contribution in [1.82, 2.24) is 0 Å². The zero-order valence-electron chi connectivity index (χ0n) is 18.9. The van der Waals surface area contributed by atoms with Crippen molar-refractivity contribution in [1.29, 1.82) is 0 Å². The Bertz CT molecular complexity index is 602. The van der Waals surface area contributed by atoms with Gasteiger partial charge in [0.1, 0.15) is 5.75 Å². The summed E-state index contributed by atoms with van der Waals surface area (Å²) in [6.45, 7) is 7.37. The van der Waals surface area contributed by atoms with Gasteiger partial charge in [0.05, 0.1) is 0 Å². The molecule has 0 N–H and O–H groups in total. The van der Waals surface area contributed by atoms with E-state index in [1.54, 1.807) is 0 Å². The lowest BCUT2D eigenvalue weighted by Gasteiger charge is -2.32. The second-order valence-electron chi connectivity index (χ2n) is 10.0. The van der Waals surface area contributed by atoms with Crippen LogP contribution in [0, 0.1) is 29.6 Å². The molecule has 3 saturated carbocycles. The molecule has 3 aliphatic carbocycles. The van der Waals surface area contributed by atoms with Crippen LogP contribution in [0.4, 0.5) is 0 Å². The van der Waals surface area contributed by atoms with E-state index in [-0.39, 0.29) is 6.29 Å². The van der Waals surface area contributed by atoms with Crippen LogP contribution in [0.1, 0.15) is 96.5 Å². The van der Waals surface area contributed by atoms with Crippen LogP contribution in [0.5, 0.6) is 5.75 Å². The van der Waals surface area contributed by atoms with Gasteiger partial charge < -0.3 is 9.47 Å². The van der Waals surface area contributed by atoms with Crippen molar-refractivity contribution in [3.8, 4) is 5.75 Å². The van der Waals surface area contributed by atoms with Crippen molar-refractivity contribution in [2.45, 2.75) is 97.2 Å². The van der Waals surface area contributed by atoms with Gasteiger partial charge in [-0.05, 0) is 92.2 Å². The summed E-state index contributed by atoms with van der Waals surface area (Å²) in [6.07, 6.45) is 13.8. The fraction of sp³-hybridized carbons (Fsp3) is 0.778. The van der Waals surface area contributed by atoms with Crippen LogP contribution in [0.25, 0.3) is 0 Å². The maximum Gasteiger partial charge on any atom is 0.200 e. The molecule has 0 spiro atoms. The van der Waals surface area contributed by atoms with E-state index in [9.17, 15) is 0 Å². The molecule has 1 aromatic rings. The summed E-state index contributed by atoms with van der Waals surface area (Å²) >= 11 is 0. The first kappa shape index (κ1) is 21.2. The molecule has 4 rings (SSSR count). The van der Waals surface area contributed by atoms with Crippen LogP contribution in [0.2, 0.25) is 0 Å².